The molecule has 1 amide bonds. The Morgan fingerprint density at radius 3 is 2.58 bits per heavy atom. The summed E-state index contributed by atoms with van der Waals surface area (Å²) in [6.45, 7) is 0. The quantitative estimate of drug-likeness (QED) is 0.850. The summed E-state index contributed by atoms with van der Waals surface area (Å²) in [4.78, 5) is 11.8. The molecule has 104 valence electrons. The lowest BCUT2D eigenvalue weighted by molar-refractivity contribution is -0.121. The van der Waals surface area contributed by atoms with Gasteiger partial charge in [-0.05, 0) is 37.3 Å². The number of carbonyl (C=O) groups excluding carboxylic acids is 1. The van der Waals surface area contributed by atoms with Gasteiger partial charge in [-0.15, -0.1) is 11.6 Å². The van der Waals surface area contributed by atoms with Crippen LogP contribution in [0.1, 0.15) is 31.2 Å². The number of carbonyl (C=O) groups is 1. The van der Waals surface area contributed by atoms with Crippen LogP contribution in [0.25, 0.3) is 0 Å². The van der Waals surface area contributed by atoms with Gasteiger partial charge < -0.3 is 5.32 Å². The topological polar surface area (TPSA) is 29.1 Å². The Bertz CT molecular complexity index is 459. The van der Waals surface area contributed by atoms with E-state index in [1.807, 2.05) is 0 Å². The average molecular weight is 288 g/mol. The van der Waals surface area contributed by atoms with Crippen LogP contribution in [0.2, 0.25) is 0 Å². The first-order chi connectivity index (χ1) is 9.04. The molecule has 0 unspecified atom stereocenters. The number of nitrogens with one attached hydrogen (secondary N) is 1. The van der Waals surface area contributed by atoms with E-state index in [0.717, 1.165) is 37.8 Å². The van der Waals surface area contributed by atoms with Crippen molar-refractivity contribution >= 4 is 17.5 Å². The van der Waals surface area contributed by atoms with Crippen molar-refractivity contribution in [3.05, 3.63) is 35.4 Å². The van der Waals surface area contributed by atoms with Gasteiger partial charge in [0.1, 0.15) is 11.6 Å². The second kappa shape index (κ2) is 6.33. The fourth-order valence-corrected chi connectivity index (χ4v) is 2.57. The average Bonchev–Trinajstić information content (AvgIpc) is 2.36. The zero-order valence-corrected chi connectivity index (χ0v) is 11.2. The normalized spacial score (nSPS) is 23.1. The molecule has 0 heterocycles. The van der Waals surface area contributed by atoms with Gasteiger partial charge in [-0.1, -0.05) is 6.07 Å². The maximum atomic E-state index is 13.4. The molecule has 0 aliphatic heterocycles. The summed E-state index contributed by atoms with van der Waals surface area (Å²) < 4.78 is 26.1. The lowest BCUT2D eigenvalue weighted by atomic mass is 9.95. The Morgan fingerprint density at radius 1 is 1.26 bits per heavy atom. The van der Waals surface area contributed by atoms with E-state index in [4.69, 9.17) is 11.6 Å². The number of halogens is 3. The van der Waals surface area contributed by atoms with E-state index in [1.165, 1.54) is 6.07 Å². The van der Waals surface area contributed by atoms with Crippen LogP contribution in [0, 0.1) is 11.6 Å². The molecule has 0 radical (unpaired) electrons. The molecule has 1 saturated carbocycles. The highest BCUT2D eigenvalue weighted by Gasteiger charge is 2.21. The molecule has 1 fully saturated rings. The molecule has 0 aromatic heterocycles. The zero-order valence-electron chi connectivity index (χ0n) is 10.5. The molecule has 0 spiro atoms. The molecule has 1 aliphatic rings. The van der Waals surface area contributed by atoms with Gasteiger partial charge in [-0.3, -0.25) is 4.79 Å². The number of alkyl halides is 1. The number of rotatable bonds is 3. The minimum atomic E-state index is -0.681. The van der Waals surface area contributed by atoms with Gasteiger partial charge >= 0.3 is 0 Å². The van der Waals surface area contributed by atoms with Gasteiger partial charge in [0, 0.05) is 17.5 Å². The SMILES string of the molecule is O=C(Cc1ccc(F)cc1F)NC1CCC(Cl)CC1. The Kier molecular flexibility index (Phi) is 4.75. The zero-order chi connectivity index (χ0) is 13.8. The second-order valence-electron chi connectivity index (χ2n) is 4.93. The van der Waals surface area contributed by atoms with Crippen LogP contribution in [0.3, 0.4) is 0 Å². The Balaban J connectivity index is 1.87. The molecule has 1 aromatic carbocycles. The fraction of sp³-hybridized carbons (Fsp3) is 0.500. The van der Waals surface area contributed by atoms with Crippen LogP contribution >= 0.6 is 11.6 Å². The van der Waals surface area contributed by atoms with Crippen molar-refractivity contribution in [3.63, 3.8) is 0 Å². The van der Waals surface area contributed by atoms with Crippen LogP contribution < -0.4 is 5.32 Å². The predicted molar refractivity (Wildman–Crippen MR) is 70.1 cm³/mol. The van der Waals surface area contributed by atoms with Crippen molar-refractivity contribution in [1.29, 1.82) is 0 Å². The third-order valence-corrected chi connectivity index (χ3v) is 3.82. The summed E-state index contributed by atoms with van der Waals surface area (Å²) in [7, 11) is 0. The summed E-state index contributed by atoms with van der Waals surface area (Å²) in [6.07, 6.45) is 3.42. The molecule has 1 N–H and O–H groups in total. The number of benzene rings is 1. The van der Waals surface area contributed by atoms with E-state index >= 15 is 0 Å². The first-order valence-corrected chi connectivity index (χ1v) is 6.85. The molecule has 0 saturated heterocycles. The summed E-state index contributed by atoms with van der Waals surface area (Å²) >= 11 is 5.99. The van der Waals surface area contributed by atoms with Crippen LogP contribution in [0.5, 0.6) is 0 Å². The number of hydrogen-bond donors (Lipinski definition) is 1. The highest BCUT2D eigenvalue weighted by atomic mass is 35.5. The van der Waals surface area contributed by atoms with Crippen molar-refractivity contribution in [3.8, 4) is 0 Å². The molecule has 2 nitrogen and oxygen atoms in total. The Morgan fingerprint density at radius 2 is 1.95 bits per heavy atom. The summed E-state index contributed by atoms with van der Waals surface area (Å²) in [5.41, 5.74) is 0.213. The fourth-order valence-electron chi connectivity index (χ4n) is 2.31. The second-order valence-corrected chi connectivity index (χ2v) is 5.55. The van der Waals surface area contributed by atoms with Gasteiger partial charge in [-0.25, -0.2) is 8.78 Å². The molecule has 0 bridgehead atoms. The summed E-state index contributed by atoms with van der Waals surface area (Å²) in [5, 5.41) is 3.07. The minimum Gasteiger partial charge on any atom is -0.353 e. The van der Waals surface area contributed by atoms with Crippen LogP contribution in [-0.4, -0.2) is 17.3 Å². The number of amides is 1. The Hall–Kier alpha value is -1.16. The molecular weight excluding hydrogens is 272 g/mol. The summed E-state index contributed by atoms with van der Waals surface area (Å²) in [5.74, 6) is -1.55. The van der Waals surface area contributed by atoms with Crippen molar-refractivity contribution in [2.24, 2.45) is 0 Å². The van der Waals surface area contributed by atoms with E-state index < -0.39 is 11.6 Å². The maximum absolute atomic E-state index is 13.4. The lowest BCUT2D eigenvalue weighted by Gasteiger charge is -2.25. The standard InChI is InChI=1S/C14H16ClF2NO/c15-10-2-5-12(6-3-10)18-14(19)7-9-1-4-11(16)8-13(9)17/h1,4,8,10,12H,2-3,5-7H2,(H,18,19). The van der Waals surface area contributed by atoms with Crippen LogP contribution in [-0.2, 0) is 11.2 Å². The van der Waals surface area contributed by atoms with Crippen LogP contribution in [0.4, 0.5) is 8.78 Å². The highest BCUT2D eigenvalue weighted by Crippen LogP contribution is 2.22. The van der Waals surface area contributed by atoms with Crippen molar-refractivity contribution in [2.75, 3.05) is 0 Å². The van der Waals surface area contributed by atoms with Crippen LogP contribution in [0.15, 0.2) is 18.2 Å². The molecule has 5 heteroatoms. The van der Waals surface area contributed by atoms with E-state index in [1.54, 1.807) is 0 Å². The van der Waals surface area contributed by atoms with Gasteiger partial charge in [0.15, 0.2) is 0 Å². The van der Waals surface area contributed by atoms with E-state index in [2.05, 4.69) is 5.32 Å². The molecule has 1 aromatic rings. The van der Waals surface area contributed by atoms with E-state index in [-0.39, 0.29) is 29.3 Å². The smallest absolute Gasteiger partial charge is 0.224 e. The Labute approximate surface area is 116 Å². The van der Waals surface area contributed by atoms with Gasteiger partial charge in [0.25, 0.3) is 0 Å². The third-order valence-electron chi connectivity index (χ3n) is 3.39. The maximum Gasteiger partial charge on any atom is 0.224 e. The van der Waals surface area contributed by atoms with E-state index in [0.29, 0.717) is 0 Å². The lowest BCUT2D eigenvalue weighted by Crippen LogP contribution is -2.38. The minimum absolute atomic E-state index is 0.0626. The van der Waals surface area contributed by atoms with E-state index in [9.17, 15) is 13.6 Å². The number of hydrogen-bond acceptors (Lipinski definition) is 1. The summed E-state index contributed by atoms with van der Waals surface area (Å²) in [6, 6.07) is 3.37. The molecular formula is C14H16ClF2NO. The van der Waals surface area contributed by atoms with Crippen molar-refractivity contribution < 1.29 is 13.6 Å². The molecule has 2 rings (SSSR count). The monoisotopic (exact) mass is 287 g/mol. The molecule has 0 atom stereocenters. The van der Waals surface area contributed by atoms with Gasteiger partial charge in [0.2, 0.25) is 5.91 Å². The van der Waals surface area contributed by atoms with Crippen molar-refractivity contribution in [2.45, 2.75) is 43.5 Å². The molecule has 1 aliphatic carbocycles. The van der Waals surface area contributed by atoms with Gasteiger partial charge in [0.05, 0.1) is 6.42 Å². The highest BCUT2D eigenvalue weighted by molar-refractivity contribution is 6.20. The van der Waals surface area contributed by atoms with Crippen molar-refractivity contribution in [1.82, 2.24) is 5.32 Å². The largest absolute Gasteiger partial charge is 0.353 e. The first kappa shape index (κ1) is 14.3. The first-order valence-electron chi connectivity index (χ1n) is 6.42. The molecule has 19 heavy (non-hydrogen) atoms. The van der Waals surface area contributed by atoms with Gasteiger partial charge in [-0.2, -0.15) is 0 Å². The third kappa shape index (κ3) is 4.16. The predicted octanol–water partition coefficient (Wildman–Crippen LogP) is 3.17.